The molecule has 0 aliphatic carbocycles. The van der Waals surface area contributed by atoms with Gasteiger partial charge in [-0.1, -0.05) is 0 Å². The average Bonchev–Trinajstić information content (AvgIpc) is 2.12. The highest BCUT2D eigenvalue weighted by Gasteiger charge is 2.30. The van der Waals surface area contributed by atoms with Crippen LogP contribution in [0.4, 0.5) is 11.4 Å². The third-order valence-corrected chi connectivity index (χ3v) is 3.72. The van der Waals surface area contributed by atoms with Gasteiger partial charge in [-0.2, -0.15) is 8.42 Å². The van der Waals surface area contributed by atoms with Gasteiger partial charge in [0, 0.05) is 0 Å². The van der Waals surface area contributed by atoms with Crippen LogP contribution in [0.5, 0.6) is 0 Å². The minimum Gasteiger partial charge on any atom is -0.398 e. The van der Waals surface area contributed by atoms with E-state index in [0.29, 0.717) is 0 Å². The van der Waals surface area contributed by atoms with Crippen molar-refractivity contribution in [2.45, 2.75) is 22.8 Å². The van der Waals surface area contributed by atoms with Gasteiger partial charge in [0.1, 0.15) is 9.79 Å². The lowest BCUT2D eigenvalue weighted by atomic mass is 10.1. The molecule has 100 valence electrons. The topological polar surface area (TPSA) is 144 Å². The smallest absolute Gasteiger partial charge is 0.297 e. The molecule has 0 aliphatic rings. The summed E-state index contributed by atoms with van der Waals surface area (Å²) in [5.41, 5.74) is 4.07. The summed E-state index contributed by atoms with van der Waals surface area (Å²) in [6, 6.07) is 0.922. The normalized spacial score (nSPS) is 13.3. The zero-order chi connectivity index (χ0) is 14.2. The molecule has 1 rings (SSSR count). The molecule has 0 saturated carbocycles. The number of aliphatic hydroxyl groups is 1. The largest absolute Gasteiger partial charge is 0.398 e. The Morgan fingerprint density at radius 1 is 1.56 bits per heavy atom. The van der Waals surface area contributed by atoms with Crippen LogP contribution in [0.3, 0.4) is 0 Å². The van der Waals surface area contributed by atoms with Crippen LogP contribution in [0, 0.1) is 10.1 Å². The second kappa shape index (κ2) is 4.72. The fraction of sp³-hybridized carbons (Fsp3) is 0.250. The first-order valence-corrected chi connectivity index (χ1v) is 6.41. The monoisotopic (exact) mass is 294 g/mol. The van der Waals surface area contributed by atoms with Crippen molar-refractivity contribution in [2.75, 3.05) is 5.73 Å². The molecule has 8 nitrogen and oxygen atoms in total. The number of anilines is 1. The maximum atomic E-state index is 11.1. The average molecular weight is 294 g/mol. The zero-order valence-corrected chi connectivity index (χ0v) is 10.8. The molecule has 4 N–H and O–H groups in total. The van der Waals surface area contributed by atoms with Gasteiger partial charge in [-0.05, 0) is 13.0 Å². The summed E-state index contributed by atoms with van der Waals surface area (Å²) in [7, 11) is -4.75. The van der Waals surface area contributed by atoms with Crippen molar-refractivity contribution in [1.82, 2.24) is 0 Å². The molecule has 1 atom stereocenters. The molecule has 0 aromatic heterocycles. The molecular weight excluding hydrogens is 284 g/mol. The van der Waals surface area contributed by atoms with Crippen LogP contribution < -0.4 is 5.73 Å². The zero-order valence-electron chi connectivity index (χ0n) is 9.06. The summed E-state index contributed by atoms with van der Waals surface area (Å²) in [5.74, 6) is 0. The molecule has 0 radical (unpaired) electrons. The number of nitrogens with two attached hydrogens (primary N) is 1. The summed E-state index contributed by atoms with van der Waals surface area (Å²) in [6.07, 6.45) is -1.24. The number of hydrogen-bond acceptors (Lipinski definition) is 7. The van der Waals surface area contributed by atoms with E-state index < -0.39 is 42.3 Å². The maximum Gasteiger partial charge on any atom is 0.297 e. The number of nitrogens with zero attached hydrogens (tertiary/aromatic N) is 1. The first-order chi connectivity index (χ1) is 8.07. The van der Waals surface area contributed by atoms with E-state index in [4.69, 9.17) is 10.3 Å². The van der Waals surface area contributed by atoms with Gasteiger partial charge in [0.15, 0.2) is 0 Å². The molecule has 0 bridgehead atoms. The van der Waals surface area contributed by atoms with E-state index in [1.165, 1.54) is 6.92 Å². The van der Waals surface area contributed by atoms with E-state index in [9.17, 15) is 23.6 Å². The number of benzene rings is 1. The summed E-state index contributed by atoms with van der Waals surface area (Å²) in [4.78, 5) is 8.50. The van der Waals surface area contributed by atoms with Gasteiger partial charge in [0.05, 0.1) is 22.3 Å². The molecule has 0 spiro atoms. The van der Waals surface area contributed by atoms with Crippen LogP contribution in [-0.4, -0.2) is 23.0 Å². The Kier molecular flexibility index (Phi) is 3.86. The summed E-state index contributed by atoms with van der Waals surface area (Å²) >= 11 is 3.71. The van der Waals surface area contributed by atoms with Gasteiger partial charge in [0.2, 0.25) is 0 Å². The maximum absolute atomic E-state index is 11.1. The van der Waals surface area contributed by atoms with Crippen molar-refractivity contribution in [2.24, 2.45) is 0 Å². The van der Waals surface area contributed by atoms with Crippen molar-refractivity contribution in [1.29, 1.82) is 0 Å². The molecule has 0 aliphatic heterocycles. The Morgan fingerprint density at radius 2 is 2.06 bits per heavy atom. The Bertz CT molecular complexity index is 611. The Labute approximate surface area is 108 Å². The molecule has 1 aromatic carbocycles. The summed E-state index contributed by atoms with van der Waals surface area (Å²) < 4.78 is 31.1. The SMILES string of the molecule is CC(O)c1cc(N)c(S(=O)(=O)O)c(S)c1[N+](=O)[O-]. The van der Waals surface area contributed by atoms with E-state index in [-0.39, 0.29) is 5.56 Å². The molecule has 0 amide bonds. The molecule has 1 unspecified atom stereocenters. The first kappa shape index (κ1) is 14.7. The minimum atomic E-state index is -4.75. The van der Waals surface area contributed by atoms with E-state index >= 15 is 0 Å². The fourth-order valence-electron chi connectivity index (χ4n) is 1.46. The van der Waals surface area contributed by atoms with Gasteiger partial charge >= 0.3 is 0 Å². The van der Waals surface area contributed by atoms with Gasteiger partial charge in [-0.15, -0.1) is 12.6 Å². The van der Waals surface area contributed by atoms with Crippen molar-refractivity contribution >= 4 is 34.1 Å². The van der Waals surface area contributed by atoms with Gasteiger partial charge < -0.3 is 10.8 Å². The number of nitro benzene ring substituents is 1. The molecule has 0 heterocycles. The van der Waals surface area contributed by atoms with Crippen molar-refractivity contribution in [3.05, 3.63) is 21.7 Å². The molecule has 18 heavy (non-hydrogen) atoms. The summed E-state index contributed by atoms with van der Waals surface area (Å²) in [5, 5.41) is 20.3. The fourth-order valence-corrected chi connectivity index (χ4v) is 2.85. The van der Waals surface area contributed by atoms with Crippen LogP contribution in [0.1, 0.15) is 18.6 Å². The van der Waals surface area contributed by atoms with Gasteiger partial charge in [-0.25, -0.2) is 0 Å². The minimum absolute atomic E-state index is 0.185. The quantitative estimate of drug-likeness (QED) is 0.212. The number of aliphatic hydroxyl groups excluding tert-OH is 1. The lowest BCUT2D eigenvalue weighted by Crippen LogP contribution is -2.10. The van der Waals surface area contributed by atoms with Crippen molar-refractivity contribution < 1.29 is 23.0 Å². The Hall–Kier alpha value is -1.36. The van der Waals surface area contributed by atoms with Crippen molar-refractivity contribution in [3.63, 3.8) is 0 Å². The molecule has 0 fully saturated rings. The molecule has 1 aromatic rings. The molecule has 10 heteroatoms. The van der Waals surface area contributed by atoms with Crippen LogP contribution >= 0.6 is 12.6 Å². The van der Waals surface area contributed by atoms with Crippen LogP contribution in [0.25, 0.3) is 0 Å². The summed E-state index contributed by atoms with van der Waals surface area (Å²) in [6.45, 7) is 1.25. The van der Waals surface area contributed by atoms with Gasteiger partial charge in [0.25, 0.3) is 15.8 Å². The van der Waals surface area contributed by atoms with Crippen LogP contribution in [0.15, 0.2) is 15.9 Å². The second-order valence-corrected chi connectivity index (χ2v) is 5.30. The highest BCUT2D eigenvalue weighted by molar-refractivity contribution is 7.87. The number of nitro groups is 1. The van der Waals surface area contributed by atoms with Gasteiger partial charge in [-0.3, -0.25) is 14.7 Å². The third-order valence-electron chi connectivity index (χ3n) is 2.18. The predicted molar refractivity (Wildman–Crippen MR) is 65.2 cm³/mol. The predicted octanol–water partition coefficient (Wildman–Crippen LogP) is 0.766. The Balaban J connectivity index is 3.84. The lowest BCUT2D eigenvalue weighted by molar-refractivity contribution is -0.389. The van der Waals surface area contributed by atoms with Crippen LogP contribution in [0.2, 0.25) is 0 Å². The van der Waals surface area contributed by atoms with E-state index in [0.717, 1.165) is 6.07 Å². The van der Waals surface area contributed by atoms with E-state index in [1.807, 2.05) is 0 Å². The Morgan fingerprint density at radius 3 is 2.39 bits per heavy atom. The number of nitrogen functional groups attached to an aromatic ring is 1. The van der Waals surface area contributed by atoms with Crippen LogP contribution in [-0.2, 0) is 10.1 Å². The highest BCUT2D eigenvalue weighted by atomic mass is 32.2. The highest BCUT2D eigenvalue weighted by Crippen LogP contribution is 2.39. The van der Waals surface area contributed by atoms with Crippen molar-refractivity contribution in [3.8, 4) is 0 Å². The molecule has 0 saturated heterocycles. The first-order valence-electron chi connectivity index (χ1n) is 4.52. The standard InChI is InChI=1S/C8H10N2O6S2/c1-3(11)4-2-5(9)8(18(14,15)16)7(17)6(4)10(12)13/h2-3,11,17H,9H2,1H3,(H,14,15,16). The molecular formula is C8H10N2O6S2. The second-order valence-electron chi connectivity index (χ2n) is 3.49. The van der Waals surface area contributed by atoms with E-state index in [2.05, 4.69) is 12.6 Å². The third kappa shape index (κ3) is 2.56. The van der Waals surface area contributed by atoms with E-state index in [1.54, 1.807) is 0 Å². The number of rotatable bonds is 3. The lowest BCUT2D eigenvalue weighted by Gasteiger charge is -2.12. The number of hydrogen-bond donors (Lipinski definition) is 4. The number of thiol groups is 1.